The van der Waals surface area contributed by atoms with Gasteiger partial charge in [0.2, 0.25) is 0 Å². The minimum atomic E-state index is -1.07. The summed E-state index contributed by atoms with van der Waals surface area (Å²) in [5.41, 5.74) is 1.36. The maximum atomic E-state index is 2.42. The summed E-state index contributed by atoms with van der Waals surface area (Å²) in [4.78, 5) is 0. The summed E-state index contributed by atoms with van der Waals surface area (Å²) in [6, 6.07) is 0. The molecule has 0 saturated heterocycles. The zero-order valence-corrected chi connectivity index (χ0v) is 11.2. The minimum Gasteiger partial charge on any atom is -0.0816 e. The predicted octanol–water partition coefficient (Wildman–Crippen LogP) is 4.63. The van der Waals surface area contributed by atoms with Gasteiger partial charge in [-0.25, -0.2) is 0 Å². The molecule has 0 fully saturated rings. The second kappa shape index (κ2) is 4.27. The molecule has 76 valence electrons. The third kappa shape index (κ3) is 4.46. The van der Waals surface area contributed by atoms with Crippen molar-refractivity contribution < 1.29 is 0 Å². The van der Waals surface area contributed by atoms with E-state index in [9.17, 15) is 0 Å². The lowest BCUT2D eigenvalue weighted by atomic mass is 10.2. The van der Waals surface area contributed by atoms with Gasteiger partial charge < -0.3 is 0 Å². The third-order valence-corrected chi connectivity index (χ3v) is 6.91. The smallest absolute Gasteiger partial charge is 0.0542 e. The fourth-order valence-electron chi connectivity index (χ4n) is 0.731. The Bertz CT molecular complexity index is 210. The fourth-order valence-corrected chi connectivity index (χ4v) is 1.33. The van der Waals surface area contributed by atoms with E-state index in [0.29, 0.717) is 5.04 Å². The quantitative estimate of drug-likeness (QED) is 0.456. The van der Waals surface area contributed by atoms with E-state index in [2.05, 4.69) is 65.6 Å². The average Bonchev–Trinajstić information content (AvgIpc) is 1.82. The summed E-state index contributed by atoms with van der Waals surface area (Å²) in [6.07, 6.45) is 6.74. The lowest BCUT2D eigenvalue weighted by Gasteiger charge is -2.34. The maximum absolute atomic E-state index is 2.42. The van der Waals surface area contributed by atoms with Crippen LogP contribution in [0.3, 0.4) is 0 Å². The Labute approximate surface area is 84.8 Å². The summed E-state index contributed by atoms with van der Waals surface area (Å²) in [5.74, 6) is 0. The molecule has 0 aromatic carbocycles. The first-order valence-corrected chi connectivity index (χ1v) is 8.49. The molecular formula is C12H24Si. The summed E-state index contributed by atoms with van der Waals surface area (Å²) in [6.45, 7) is 16.2. The van der Waals surface area contributed by atoms with Crippen LogP contribution in [0.4, 0.5) is 0 Å². The normalized spacial score (nSPS) is 13.5. The van der Waals surface area contributed by atoms with Gasteiger partial charge in [0.05, 0.1) is 8.07 Å². The topological polar surface area (TPSA) is 0 Å². The van der Waals surface area contributed by atoms with Crippen molar-refractivity contribution >= 4 is 8.07 Å². The molecule has 0 heterocycles. The largest absolute Gasteiger partial charge is 0.0816 e. The van der Waals surface area contributed by atoms with Crippen LogP contribution in [0.1, 0.15) is 27.7 Å². The van der Waals surface area contributed by atoms with Crippen LogP contribution < -0.4 is 0 Å². The summed E-state index contributed by atoms with van der Waals surface area (Å²) >= 11 is 0. The van der Waals surface area contributed by atoms with Crippen molar-refractivity contribution in [2.24, 2.45) is 0 Å². The fraction of sp³-hybridized carbons (Fsp3) is 0.667. The Hall–Kier alpha value is -0.303. The van der Waals surface area contributed by atoms with Crippen molar-refractivity contribution in [3.63, 3.8) is 0 Å². The van der Waals surface area contributed by atoms with Crippen LogP contribution in [0.25, 0.3) is 0 Å². The zero-order chi connectivity index (χ0) is 10.7. The third-order valence-electron chi connectivity index (χ3n) is 2.88. The van der Waals surface area contributed by atoms with Crippen molar-refractivity contribution in [1.82, 2.24) is 0 Å². The highest BCUT2D eigenvalue weighted by atomic mass is 28.3. The van der Waals surface area contributed by atoms with Crippen molar-refractivity contribution in [1.29, 1.82) is 0 Å². The maximum Gasteiger partial charge on any atom is 0.0542 e. The highest BCUT2D eigenvalue weighted by molar-refractivity contribution is 6.79. The molecule has 0 atom stereocenters. The Morgan fingerprint density at radius 2 is 1.54 bits per heavy atom. The molecule has 0 aliphatic rings. The van der Waals surface area contributed by atoms with E-state index in [1.165, 1.54) is 5.57 Å². The van der Waals surface area contributed by atoms with E-state index in [1.54, 1.807) is 0 Å². The molecule has 13 heavy (non-hydrogen) atoms. The second-order valence-corrected chi connectivity index (χ2v) is 11.4. The molecule has 0 aromatic heterocycles. The number of hydrogen-bond acceptors (Lipinski definition) is 0. The molecule has 0 amide bonds. The van der Waals surface area contributed by atoms with Gasteiger partial charge in [-0.1, -0.05) is 57.3 Å². The van der Waals surface area contributed by atoms with Gasteiger partial charge in [-0.15, -0.1) is 0 Å². The van der Waals surface area contributed by atoms with E-state index in [0.717, 1.165) is 0 Å². The van der Waals surface area contributed by atoms with Crippen molar-refractivity contribution in [2.75, 3.05) is 0 Å². The van der Waals surface area contributed by atoms with E-state index < -0.39 is 8.07 Å². The number of hydrogen-bond donors (Lipinski definition) is 0. The Morgan fingerprint density at radius 1 is 1.08 bits per heavy atom. The Balaban J connectivity index is 4.52. The molecule has 0 N–H and O–H groups in total. The molecule has 0 radical (unpaired) electrons. The monoisotopic (exact) mass is 196 g/mol. The molecule has 0 bridgehead atoms. The van der Waals surface area contributed by atoms with E-state index in [-0.39, 0.29) is 0 Å². The van der Waals surface area contributed by atoms with Gasteiger partial charge in [-0.05, 0) is 18.9 Å². The molecule has 0 rings (SSSR count). The summed E-state index contributed by atoms with van der Waals surface area (Å²) < 4.78 is 0. The first-order chi connectivity index (χ1) is 5.67. The van der Waals surface area contributed by atoms with Crippen LogP contribution in [0, 0.1) is 0 Å². The zero-order valence-electron chi connectivity index (χ0n) is 10.2. The highest BCUT2D eigenvalue weighted by Crippen LogP contribution is 2.38. The van der Waals surface area contributed by atoms with Crippen LogP contribution in [0.15, 0.2) is 23.8 Å². The van der Waals surface area contributed by atoms with Gasteiger partial charge in [-0.2, -0.15) is 0 Å². The van der Waals surface area contributed by atoms with Crippen LogP contribution in [0.2, 0.25) is 24.7 Å². The van der Waals surface area contributed by atoms with E-state index in [1.807, 2.05) is 0 Å². The number of allylic oxidation sites excluding steroid dienone is 4. The van der Waals surface area contributed by atoms with Crippen LogP contribution in [0.5, 0.6) is 0 Å². The lowest BCUT2D eigenvalue weighted by Crippen LogP contribution is -2.33. The van der Waals surface area contributed by atoms with Gasteiger partial charge >= 0.3 is 0 Å². The Morgan fingerprint density at radius 3 is 1.85 bits per heavy atom. The SMILES string of the molecule is CC(C)=C/C=C/C(C)(C)[Si](C)(C)C. The standard InChI is InChI=1S/C12H24Si/c1-11(2)9-8-10-12(3,4)13(5,6)7/h8-10H,1-7H3/b10-8+. The van der Waals surface area contributed by atoms with Crippen LogP contribution in [-0.2, 0) is 0 Å². The first-order valence-electron chi connectivity index (χ1n) is 4.99. The first kappa shape index (κ1) is 12.7. The molecule has 1 heteroatoms. The van der Waals surface area contributed by atoms with Gasteiger partial charge in [0.25, 0.3) is 0 Å². The second-order valence-electron chi connectivity index (χ2n) is 5.57. The molecule has 0 aliphatic carbocycles. The lowest BCUT2D eigenvalue weighted by molar-refractivity contribution is 0.811. The van der Waals surface area contributed by atoms with Gasteiger partial charge in [0, 0.05) is 0 Å². The molecule has 0 spiro atoms. The molecule has 0 nitrogen and oxygen atoms in total. The molecular weight excluding hydrogens is 172 g/mol. The van der Waals surface area contributed by atoms with Crippen molar-refractivity contribution in [3.8, 4) is 0 Å². The predicted molar refractivity (Wildman–Crippen MR) is 66.0 cm³/mol. The number of rotatable bonds is 3. The molecule has 0 saturated carbocycles. The van der Waals surface area contributed by atoms with Gasteiger partial charge in [0.1, 0.15) is 0 Å². The van der Waals surface area contributed by atoms with Crippen LogP contribution in [-0.4, -0.2) is 8.07 Å². The molecule has 0 unspecified atom stereocenters. The summed E-state index contributed by atoms with van der Waals surface area (Å²) in [7, 11) is -1.07. The highest BCUT2D eigenvalue weighted by Gasteiger charge is 2.31. The summed E-state index contributed by atoms with van der Waals surface area (Å²) in [5, 5.41) is 0.388. The van der Waals surface area contributed by atoms with Gasteiger partial charge in [-0.3, -0.25) is 0 Å². The van der Waals surface area contributed by atoms with Crippen molar-refractivity contribution in [3.05, 3.63) is 23.8 Å². The minimum absolute atomic E-state index is 0.388. The van der Waals surface area contributed by atoms with Crippen LogP contribution >= 0.6 is 0 Å². The molecule has 0 aromatic rings. The van der Waals surface area contributed by atoms with Crippen molar-refractivity contribution in [2.45, 2.75) is 52.4 Å². The van der Waals surface area contributed by atoms with Gasteiger partial charge in [0.15, 0.2) is 0 Å². The Kier molecular flexibility index (Phi) is 4.17. The average molecular weight is 196 g/mol. The van der Waals surface area contributed by atoms with E-state index in [4.69, 9.17) is 0 Å². The molecule has 0 aliphatic heterocycles. The van der Waals surface area contributed by atoms with E-state index >= 15 is 0 Å².